The second-order valence-electron chi connectivity index (χ2n) is 6.00. The van der Waals surface area contributed by atoms with Gasteiger partial charge in [0.25, 0.3) is 0 Å². The molecule has 0 unspecified atom stereocenters. The number of hydrogen-bond donors (Lipinski definition) is 1. The van der Waals surface area contributed by atoms with Gasteiger partial charge in [-0.2, -0.15) is 0 Å². The lowest BCUT2D eigenvalue weighted by atomic mass is 9.75. The first-order valence-electron chi connectivity index (χ1n) is 6.51. The van der Waals surface area contributed by atoms with E-state index in [4.69, 9.17) is 15.2 Å². The summed E-state index contributed by atoms with van der Waals surface area (Å²) in [6.07, 6.45) is 4.91. The van der Waals surface area contributed by atoms with Gasteiger partial charge in [0.05, 0.1) is 13.2 Å². The second kappa shape index (κ2) is 4.58. The predicted octanol–water partition coefficient (Wildman–Crippen LogP) is 1.82. The molecule has 1 saturated carbocycles. The van der Waals surface area contributed by atoms with Crippen LogP contribution in [0.15, 0.2) is 0 Å². The highest BCUT2D eigenvalue weighted by atomic mass is 16.7. The number of ether oxygens (including phenoxy) is 2. The normalized spacial score (nSPS) is 25.3. The van der Waals surface area contributed by atoms with Gasteiger partial charge in [-0.05, 0) is 25.2 Å². The van der Waals surface area contributed by atoms with Gasteiger partial charge < -0.3 is 15.2 Å². The van der Waals surface area contributed by atoms with E-state index in [-0.39, 0.29) is 11.7 Å². The van der Waals surface area contributed by atoms with Crippen molar-refractivity contribution < 1.29 is 14.3 Å². The summed E-state index contributed by atoms with van der Waals surface area (Å²) in [7, 11) is 0. The SMILES string of the molecule is CC(C)(CC1CCC2(CC1)OCCO2)C(N)=O. The molecule has 2 rings (SSSR count). The molecule has 1 spiro atoms. The fourth-order valence-electron chi connectivity index (χ4n) is 2.93. The van der Waals surface area contributed by atoms with Crippen LogP contribution in [0, 0.1) is 11.3 Å². The first kappa shape index (κ1) is 12.8. The molecule has 0 bridgehead atoms. The highest BCUT2D eigenvalue weighted by Gasteiger charge is 2.41. The zero-order chi connectivity index (χ0) is 12.5. The van der Waals surface area contributed by atoms with Crippen LogP contribution in [0.5, 0.6) is 0 Å². The van der Waals surface area contributed by atoms with E-state index >= 15 is 0 Å². The van der Waals surface area contributed by atoms with E-state index in [2.05, 4.69) is 0 Å². The number of primary amides is 1. The van der Waals surface area contributed by atoms with Crippen molar-refractivity contribution in [3.05, 3.63) is 0 Å². The van der Waals surface area contributed by atoms with E-state index in [0.717, 1.165) is 45.3 Å². The molecule has 17 heavy (non-hydrogen) atoms. The molecule has 4 heteroatoms. The van der Waals surface area contributed by atoms with Crippen molar-refractivity contribution in [1.82, 2.24) is 0 Å². The minimum atomic E-state index is -0.396. The van der Waals surface area contributed by atoms with E-state index in [9.17, 15) is 4.79 Å². The number of hydrogen-bond acceptors (Lipinski definition) is 3. The lowest BCUT2D eigenvalue weighted by molar-refractivity contribution is -0.183. The maximum atomic E-state index is 11.3. The molecule has 4 nitrogen and oxygen atoms in total. The van der Waals surface area contributed by atoms with Gasteiger partial charge in [0.1, 0.15) is 0 Å². The molecule has 0 radical (unpaired) electrons. The Morgan fingerprint density at radius 2 is 1.82 bits per heavy atom. The van der Waals surface area contributed by atoms with Crippen molar-refractivity contribution in [2.75, 3.05) is 13.2 Å². The average Bonchev–Trinajstić information content (AvgIpc) is 2.70. The van der Waals surface area contributed by atoms with Crippen LogP contribution in [0.4, 0.5) is 0 Å². The summed E-state index contributed by atoms with van der Waals surface area (Å²) in [6.45, 7) is 5.31. The van der Waals surface area contributed by atoms with Gasteiger partial charge in [-0.25, -0.2) is 0 Å². The maximum Gasteiger partial charge on any atom is 0.223 e. The number of amides is 1. The van der Waals surface area contributed by atoms with E-state index in [1.165, 1.54) is 0 Å². The molecule has 0 aromatic heterocycles. The molecule has 0 aromatic carbocycles. The number of carbonyl (C=O) groups excluding carboxylic acids is 1. The Kier molecular flexibility index (Phi) is 3.46. The Morgan fingerprint density at radius 3 is 2.29 bits per heavy atom. The molecule has 98 valence electrons. The van der Waals surface area contributed by atoms with Crippen molar-refractivity contribution in [1.29, 1.82) is 0 Å². The third kappa shape index (κ3) is 2.80. The molecular weight excluding hydrogens is 218 g/mol. The Balaban J connectivity index is 1.85. The van der Waals surface area contributed by atoms with Crippen LogP contribution in [0.3, 0.4) is 0 Å². The summed E-state index contributed by atoms with van der Waals surface area (Å²) < 4.78 is 11.4. The molecule has 1 heterocycles. The largest absolute Gasteiger partial charge is 0.369 e. The van der Waals surface area contributed by atoms with Crippen molar-refractivity contribution in [2.24, 2.45) is 17.1 Å². The smallest absolute Gasteiger partial charge is 0.223 e. The molecule has 2 N–H and O–H groups in total. The summed E-state index contributed by atoms with van der Waals surface area (Å²) in [6, 6.07) is 0. The quantitative estimate of drug-likeness (QED) is 0.820. The number of rotatable bonds is 3. The van der Waals surface area contributed by atoms with E-state index < -0.39 is 5.41 Å². The molecule has 2 aliphatic rings. The van der Waals surface area contributed by atoms with Crippen molar-refractivity contribution >= 4 is 5.91 Å². The number of nitrogens with two attached hydrogens (primary N) is 1. The summed E-state index contributed by atoms with van der Waals surface area (Å²) in [4.78, 5) is 11.3. The first-order chi connectivity index (χ1) is 7.94. The van der Waals surface area contributed by atoms with E-state index in [1.807, 2.05) is 13.8 Å². The van der Waals surface area contributed by atoms with Crippen LogP contribution in [0.25, 0.3) is 0 Å². The summed E-state index contributed by atoms with van der Waals surface area (Å²) >= 11 is 0. The third-order valence-electron chi connectivity index (χ3n) is 4.15. The fraction of sp³-hybridized carbons (Fsp3) is 0.923. The second-order valence-corrected chi connectivity index (χ2v) is 6.00. The minimum Gasteiger partial charge on any atom is -0.369 e. The molecule has 1 amide bonds. The Morgan fingerprint density at radius 1 is 1.29 bits per heavy atom. The Labute approximate surface area is 103 Å². The van der Waals surface area contributed by atoms with Crippen molar-refractivity contribution in [2.45, 2.75) is 51.7 Å². The minimum absolute atomic E-state index is 0.203. The topological polar surface area (TPSA) is 61.6 Å². The van der Waals surface area contributed by atoms with Crippen LogP contribution >= 0.6 is 0 Å². The van der Waals surface area contributed by atoms with E-state index in [1.54, 1.807) is 0 Å². The van der Waals surface area contributed by atoms with Gasteiger partial charge in [-0.3, -0.25) is 4.79 Å². The van der Waals surface area contributed by atoms with E-state index in [0.29, 0.717) is 5.92 Å². The molecular formula is C13H23NO3. The van der Waals surface area contributed by atoms with Crippen molar-refractivity contribution in [3.8, 4) is 0 Å². The first-order valence-corrected chi connectivity index (χ1v) is 6.51. The van der Waals surface area contributed by atoms with Gasteiger partial charge in [0.2, 0.25) is 5.91 Å². The van der Waals surface area contributed by atoms with Gasteiger partial charge in [0, 0.05) is 18.3 Å². The Bertz CT molecular complexity index is 285. The molecule has 0 aromatic rings. The van der Waals surface area contributed by atoms with Crippen molar-refractivity contribution in [3.63, 3.8) is 0 Å². The van der Waals surface area contributed by atoms with Crippen LogP contribution in [-0.4, -0.2) is 24.9 Å². The molecule has 0 atom stereocenters. The Hall–Kier alpha value is -0.610. The molecule has 2 fully saturated rings. The average molecular weight is 241 g/mol. The standard InChI is InChI=1S/C13H23NO3/c1-12(2,11(14)15)9-10-3-5-13(6-4-10)16-7-8-17-13/h10H,3-9H2,1-2H3,(H2,14,15). The zero-order valence-electron chi connectivity index (χ0n) is 10.8. The lowest BCUT2D eigenvalue weighted by Crippen LogP contribution is -2.38. The highest BCUT2D eigenvalue weighted by Crippen LogP contribution is 2.42. The summed E-state index contributed by atoms with van der Waals surface area (Å²) in [5, 5.41) is 0. The van der Waals surface area contributed by atoms with Gasteiger partial charge >= 0.3 is 0 Å². The van der Waals surface area contributed by atoms with Gasteiger partial charge in [-0.15, -0.1) is 0 Å². The monoisotopic (exact) mass is 241 g/mol. The summed E-state index contributed by atoms with van der Waals surface area (Å²) in [5.74, 6) is 0.0648. The van der Waals surface area contributed by atoms with Crippen LogP contribution in [-0.2, 0) is 14.3 Å². The predicted molar refractivity (Wildman–Crippen MR) is 64.2 cm³/mol. The van der Waals surface area contributed by atoms with Gasteiger partial charge in [0.15, 0.2) is 5.79 Å². The van der Waals surface area contributed by atoms with Crippen LogP contribution in [0.1, 0.15) is 46.0 Å². The van der Waals surface area contributed by atoms with Crippen LogP contribution in [0.2, 0.25) is 0 Å². The highest BCUT2D eigenvalue weighted by molar-refractivity contribution is 5.79. The molecule has 1 saturated heterocycles. The summed E-state index contributed by atoms with van der Waals surface area (Å²) in [5.41, 5.74) is 5.02. The third-order valence-corrected chi connectivity index (χ3v) is 4.15. The number of carbonyl (C=O) groups is 1. The lowest BCUT2D eigenvalue weighted by Gasteiger charge is -2.37. The van der Waals surface area contributed by atoms with Crippen LogP contribution < -0.4 is 5.73 Å². The molecule has 1 aliphatic heterocycles. The zero-order valence-corrected chi connectivity index (χ0v) is 10.8. The van der Waals surface area contributed by atoms with Gasteiger partial charge in [-0.1, -0.05) is 13.8 Å². The molecule has 1 aliphatic carbocycles. The fourth-order valence-corrected chi connectivity index (χ4v) is 2.93. The maximum absolute atomic E-state index is 11.3.